The summed E-state index contributed by atoms with van der Waals surface area (Å²) in [7, 11) is -4.38. The molecule has 0 aliphatic carbocycles. The van der Waals surface area contributed by atoms with Crippen LogP contribution in [-0.2, 0) is 32.7 Å². The average molecular weight is 826 g/mol. The van der Waals surface area contributed by atoms with Crippen molar-refractivity contribution in [3.63, 3.8) is 0 Å². The van der Waals surface area contributed by atoms with E-state index >= 15 is 0 Å². The number of unbranched alkanes of at least 4 members (excludes halogenated alkanes) is 25. The second-order valence-electron chi connectivity index (χ2n) is 15.6. The molecule has 0 amide bonds. The van der Waals surface area contributed by atoms with Crippen molar-refractivity contribution in [2.75, 3.05) is 26.4 Å². The Labute approximate surface area is 350 Å². The number of nitrogens with two attached hydrogens (primary N) is 1. The van der Waals surface area contributed by atoms with Crippen LogP contribution in [0.5, 0.6) is 0 Å². The third-order valence-corrected chi connectivity index (χ3v) is 11.0. The van der Waals surface area contributed by atoms with Crippen LogP contribution in [0.3, 0.4) is 0 Å². The van der Waals surface area contributed by atoms with Crippen molar-refractivity contribution in [1.29, 1.82) is 0 Å². The summed E-state index contributed by atoms with van der Waals surface area (Å²) in [5.74, 6) is -0.846. The fourth-order valence-electron chi connectivity index (χ4n) is 6.52. The number of ether oxygens (including phenoxy) is 2. The molecule has 0 radical (unpaired) electrons. The first-order valence-electron chi connectivity index (χ1n) is 23.5. The third-order valence-electron chi connectivity index (χ3n) is 10.0. The molecule has 0 bridgehead atoms. The van der Waals surface area contributed by atoms with Crippen LogP contribution in [0.2, 0.25) is 0 Å². The minimum absolute atomic E-state index is 0.0508. The highest BCUT2D eigenvalue weighted by atomic mass is 31.2. The molecule has 334 valence electrons. The first-order chi connectivity index (χ1) is 27.8. The molecule has 0 aliphatic heterocycles. The number of hydrogen-bond donors (Lipinski definition) is 2. The van der Waals surface area contributed by atoms with Gasteiger partial charge in [0, 0.05) is 19.4 Å². The van der Waals surface area contributed by atoms with Crippen molar-refractivity contribution in [2.24, 2.45) is 5.73 Å². The largest absolute Gasteiger partial charge is 0.472 e. The molecule has 1 unspecified atom stereocenters. The van der Waals surface area contributed by atoms with E-state index in [4.69, 9.17) is 24.3 Å². The smallest absolute Gasteiger partial charge is 0.462 e. The summed E-state index contributed by atoms with van der Waals surface area (Å²) in [5, 5.41) is 0. The van der Waals surface area contributed by atoms with Crippen LogP contribution in [-0.4, -0.2) is 49.3 Å². The number of phosphoric acid groups is 1. The van der Waals surface area contributed by atoms with Gasteiger partial charge in [-0.05, 0) is 51.4 Å². The van der Waals surface area contributed by atoms with Gasteiger partial charge in [0.05, 0.1) is 13.2 Å². The first kappa shape index (κ1) is 55.2. The monoisotopic (exact) mass is 826 g/mol. The van der Waals surface area contributed by atoms with Crippen LogP contribution in [0.1, 0.15) is 219 Å². The molecule has 9 nitrogen and oxygen atoms in total. The Morgan fingerprint density at radius 1 is 0.526 bits per heavy atom. The molecule has 0 rings (SSSR count). The Balaban J connectivity index is 4.12. The van der Waals surface area contributed by atoms with E-state index in [-0.39, 0.29) is 32.6 Å². The van der Waals surface area contributed by atoms with Gasteiger partial charge in [-0.2, -0.15) is 0 Å². The van der Waals surface area contributed by atoms with Gasteiger partial charge in [0.25, 0.3) is 0 Å². The number of allylic oxidation sites excluding steroid dienone is 6. The average Bonchev–Trinajstić information content (AvgIpc) is 3.20. The highest BCUT2D eigenvalue weighted by Gasteiger charge is 2.26. The second kappa shape index (κ2) is 43.8. The van der Waals surface area contributed by atoms with Gasteiger partial charge in [0.2, 0.25) is 0 Å². The summed E-state index contributed by atoms with van der Waals surface area (Å²) < 4.78 is 32.8. The van der Waals surface area contributed by atoms with Gasteiger partial charge in [0.15, 0.2) is 6.10 Å². The Morgan fingerprint density at radius 2 is 0.912 bits per heavy atom. The number of hydrogen-bond acceptors (Lipinski definition) is 8. The summed E-state index contributed by atoms with van der Waals surface area (Å²) in [6.07, 6.45) is 48.9. The van der Waals surface area contributed by atoms with Crippen molar-refractivity contribution < 1.29 is 37.6 Å². The van der Waals surface area contributed by atoms with Crippen molar-refractivity contribution in [3.8, 4) is 0 Å². The van der Waals surface area contributed by atoms with Gasteiger partial charge in [-0.1, -0.05) is 192 Å². The summed E-state index contributed by atoms with van der Waals surface area (Å²) in [4.78, 5) is 34.9. The molecule has 0 heterocycles. The molecule has 0 saturated carbocycles. The fourth-order valence-corrected chi connectivity index (χ4v) is 7.29. The molecule has 10 heteroatoms. The predicted molar refractivity (Wildman–Crippen MR) is 238 cm³/mol. The number of esters is 2. The van der Waals surface area contributed by atoms with E-state index in [1.165, 1.54) is 128 Å². The van der Waals surface area contributed by atoms with Crippen LogP contribution < -0.4 is 5.73 Å². The van der Waals surface area contributed by atoms with Gasteiger partial charge in [-0.3, -0.25) is 18.6 Å². The lowest BCUT2D eigenvalue weighted by Gasteiger charge is -2.19. The molecule has 0 aliphatic rings. The molecule has 0 saturated heterocycles. The molecular weight excluding hydrogens is 737 g/mol. The van der Waals surface area contributed by atoms with E-state index in [0.29, 0.717) is 12.8 Å². The lowest BCUT2D eigenvalue weighted by Crippen LogP contribution is -2.29. The van der Waals surface area contributed by atoms with Crippen LogP contribution in [0.15, 0.2) is 36.5 Å². The zero-order chi connectivity index (χ0) is 41.8. The standard InChI is InChI=1S/C47H88NO8P/c1-3-5-7-9-11-13-15-17-19-21-22-24-26-28-30-32-34-36-38-40-47(50)56-45(44-55-57(51,52)54-42-41-48)43-53-46(49)39-37-35-33-31-29-27-25-23-20-18-16-14-12-10-8-6-4-2/h12,14,18,20,25,27,45H,3-11,13,15-17,19,21-24,26,28-44,48H2,1-2H3,(H,51,52)/b14-12-,20-18-,27-25-/t45-/m1/s1. The zero-order valence-corrected chi connectivity index (χ0v) is 37.7. The molecule has 3 N–H and O–H groups in total. The quantitative estimate of drug-likeness (QED) is 0.0266. The number of carbonyl (C=O) groups is 2. The maximum absolute atomic E-state index is 12.6. The molecular formula is C47H88NO8P. The van der Waals surface area contributed by atoms with E-state index in [9.17, 15) is 19.0 Å². The lowest BCUT2D eigenvalue weighted by molar-refractivity contribution is -0.161. The summed E-state index contributed by atoms with van der Waals surface area (Å²) in [6, 6.07) is 0. The van der Waals surface area contributed by atoms with Gasteiger partial charge in [-0.25, -0.2) is 4.57 Å². The van der Waals surface area contributed by atoms with Crippen molar-refractivity contribution in [1.82, 2.24) is 0 Å². The number of phosphoric ester groups is 1. The molecule has 0 spiro atoms. The highest BCUT2D eigenvalue weighted by Crippen LogP contribution is 2.43. The molecule has 2 atom stereocenters. The van der Waals surface area contributed by atoms with Crippen LogP contribution in [0.4, 0.5) is 0 Å². The van der Waals surface area contributed by atoms with Gasteiger partial charge < -0.3 is 20.1 Å². The van der Waals surface area contributed by atoms with E-state index < -0.39 is 32.5 Å². The summed E-state index contributed by atoms with van der Waals surface area (Å²) in [6.45, 7) is 3.71. The minimum atomic E-state index is -4.38. The summed E-state index contributed by atoms with van der Waals surface area (Å²) >= 11 is 0. The SMILES string of the molecule is CCCCC/C=C\C/C=C\C/C=C\CCCCCCC(=O)OC[C@H](COP(=O)(O)OCCN)OC(=O)CCCCCCCCCCCCCCCCCCCCC. The molecule has 0 fully saturated rings. The minimum Gasteiger partial charge on any atom is -0.462 e. The number of rotatable bonds is 44. The Morgan fingerprint density at radius 3 is 1.39 bits per heavy atom. The fraction of sp³-hybridized carbons (Fsp3) is 0.830. The summed E-state index contributed by atoms with van der Waals surface area (Å²) in [5.41, 5.74) is 5.35. The molecule has 0 aromatic rings. The molecule has 0 aromatic heterocycles. The van der Waals surface area contributed by atoms with E-state index in [1.807, 2.05) is 0 Å². The van der Waals surface area contributed by atoms with Gasteiger partial charge in [-0.15, -0.1) is 0 Å². The van der Waals surface area contributed by atoms with Crippen molar-refractivity contribution in [3.05, 3.63) is 36.5 Å². The Bertz CT molecular complexity index is 1030. The van der Waals surface area contributed by atoms with E-state index in [1.54, 1.807) is 0 Å². The van der Waals surface area contributed by atoms with E-state index in [2.05, 4.69) is 50.3 Å². The first-order valence-corrected chi connectivity index (χ1v) is 25.0. The third kappa shape index (κ3) is 43.6. The maximum atomic E-state index is 12.6. The second-order valence-corrected chi connectivity index (χ2v) is 17.1. The van der Waals surface area contributed by atoms with Gasteiger partial charge >= 0.3 is 19.8 Å². The Hall–Kier alpha value is -1.77. The van der Waals surface area contributed by atoms with Crippen molar-refractivity contribution >= 4 is 19.8 Å². The van der Waals surface area contributed by atoms with Crippen LogP contribution in [0.25, 0.3) is 0 Å². The van der Waals surface area contributed by atoms with Gasteiger partial charge in [0.1, 0.15) is 6.61 Å². The van der Waals surface area contributed by atoms with Crippen LogP contribution in [0, 0.1) is 0 Å². The van der Waals surface area contributed by atoms with Crippen molar-refractivity contribution in [2.45, 2.75) is 225 Å². The molecule has 0 aromatic carbocycles. The lowest BCUT2D eigenvalue weighted by atomic mass is 10.0. The normalized spacial score (nSPS) is 13.5. The topological polar surface area (TPSA) is 134 Å². The maximum Gasteiger partial charge on any atom is 0.472 e. The highest BCUT2D eigenvalue weighted by molar-refractivity contribution is 7.47. The zero-order valence-electron chi connectivity index (χ0n) is 36.8. The number of carbonyl (C=O) groups excluding carboxylic acids is 2. The van der Waals surface area contributed by atoms with E-state index in [0.717, 1.165) is 51.4 Å². The Kier molecular flexibility index (Phi) is 42.4. The van der Waals surface area contributed by atoms with Crippen LogP contribution >= 0.6 is 7.82 Å². The predicted octanol–water partition coefficient (Wildman–Crippen LogP) is 13.7. The molecule has 57 heavy (non-hydrogen) atoms.